The first-order valence-electron chi connectivity index (χ1n) is 6.63. The van der Waals surface area contributed by atoms with Crippen molar-refractivity contribution in [1.82, 2.24) is 8.55 Å². The van der Waals surface area contributed by atoms with E-state index >= 15 is 0 Å². The summed E-state index contributed by atoms with van der Waals surface area (Å²) in [7, 11) is 0. The molecule has 0 radical (unpaired) electrons. The van der Waals surface area contributed by atoms with Crippen LogP contribution in [0.2, 0.25) is 0 Å². The zero-order valence-electron chi connectivity index (χ0n) is 11.6. The summed E-state index contributed by atoms with van der Waals surface area (Å²) in [5.74, 6) is 0. The fourth-order valence-corrected chi connectivity index (χ4v) is 5.60. The van der Waals surface area contributed by atoms with Gasteiger partial charge in [0.25, 0.3) is 0 Å². The molecule has 4 aromatic rings. The number of rotatable bonds is 1. The summed E-state index contributed by atoms with van der Waals surface area (Å²) in [6.45, 7) is 4.20. The molecule has 4 rings (SSSR count). The molecule has 0 atom stereocenters. The van der Waals surface area contributed by atoms with Gasteiger partial charge >= 0.3 is 131 Å². The van der Waals surface area contributed by atoms with E-state index in [0.717, 1.165) is 25.0 Å². The monoisotopic (exact) mass is 360 g/mol. The summed E-state index contributed by atoms with van der Waals surface area (Å²) in [5.41, 5.74) is 3.57. The molecule has 3 nitrogen and oxygen atoms in total. The molecule has 104 valence electrons. The van der Waals surface area contributed by atoms with Crippen LogP contribution in [-0.2, 0) is 0 Å². The number of hydrogen-bond donors (Lipinski definition) is 0. The standard InChI is InChI=1S/C16H12N2OSSe/c1-9-7-12-13(8-10(9)2)20-16(17-12)18-15(19)11-5-3-4-6-14(11)21-18/h3-8H,1-2H3. The molecule has 0 saturated heterocycles. The SMILES string of the molecule is Cc1cc2nc(-n3[se]c4ccccc4c3=O)sc2cc1C. The summed E-state index contributed by atoms with van der Waals surface area (Å²) in [4.78, 5) is 17.2. The summed E-state index contributed by atoms with van der Waals surface area (Å²) in [5, 5.41) is 1.64. The Labute approximate surface area is 131 Å². The summed E-state index contributed by atoms with van der Waals surface area (Å²) in [6, 6.07) is 12.1. The molecule has 0 aliphatic heterocycles. The van der Waals surface area contributed by atoms with Gasteiger partial charge in [-0.3, -0.25) is 0 Å². The average molecular weight is 359 g/mol. The van der Waals surface area contributed by atoms with Crippen LogP contribution in [0.3, 0.4) is 0 Å². The van der Waals surface area contributed by atoms with E-state index in [0.29, 0.717) is 0 Å². The predicted octanol–water partition coefficient (Wildman–Crippen LogP) is 3.27. The Morgan fingerprint density at radius 3 is 2.71 bits per heavy atom. The van der Waals surface area contributed by atoms with Gasteiger partial charge in [0.15, 0.2) is 0 Å². The van der Waals surface area contributed by atoms with Gasteiger partial charge in [-0.05, 0) is 0 Å². The van der Waals surface area contributed by atoms with Crippen molar-refractivity contribution in [2.24, 2.45) is 0 Å². The van der Waals surface area contributed by atoms with Crippen molar-refractivity contribution in [3.05, 3.63) is 57.9 Å². The Morgan fingerprint density at radius 2 is 1.90 bits per heavy atom. The van der Waals surface area contributed by atoms with Gasteiger partial charge in [0.05, 0.1) is 0 Å². The minimum absolute atomic E-state index is 0.00829. The van der Waals surface area contributed by atoms with Gasteiger partial charge in [-0.1, -0.05) is 0 Å². The number of benzene rings is 2. The Hall–Kier alpha value is -1.68. The van der Waals surface area contributed by atoms with E-state index in [2.05, 4.69) is 31.0 Å². The number of hydrogen-bond acceptors (Lipinski definition) is 3. The van der Waals surface area contributed by atoms with E-state index in [1.54, 1.807) is 11.3 Å². The molecule has 2 aromatic heterocycles. The quantitative estimate of drug-likeness (QED) is 0.489. The van der Waals surface area contributed by atoms with Crippen LogP contribution in [0.1, 0.15) is 11.1 Å². The van der Waals surface area contributed by atoms with E-state index in [-0.39, 0.29) is 20.3 Å². The maximum atomic E-state index is 12.5. The van der Waals surface area contributed by atoms with Crippen molar-refractivity contribution in [2.45, 2.75) is 13.8 Å². The third-order valence-corrected chi connectivity index (χ3v) is 7.18. The second-order valence-corrected chi connectivity index (χ2v) is 8.17. The molecular weight excluding hydrogens is 347 g/mol. The molecule has 0 amide bonds. The summed E-state index contributed by atoms with van der Waals surface area (Å²) in [6.07, 6.45) is 0. The van der Waals surface area contributed by atoms with Gasteiger partial charge in [-0.15, -0.1) is 0 Å². The molecule has 21 heavy (non-hydrogen) atoms. The Bertz CT molecular complexity index is 1000. The predicted molar refractivity (Wildman–Crippen MR) is 89.1 cm³/mol. The van der Waals surface area contributed by atoms with Crippen LogP contribution >= 0.6 is 11.3 Å². The van der Waals surface area contributed by atoms with Crippen LogP contribution in [0, 0.1) is 13.8 Å². The van der Waals surface area contributed by atoms with Crippen molar-refractivity contribution < 1.29 is 0 Å². The third kappa shape index (κ3) is 2.01. The Balaban J connectivity index is 2.00. The van der Waals surface area contributed by atoms with Crippen molar-refractivity contribution in [3.8, 4) is 5.13 Å². The van der Waals surface area contributed by atoms with E-state index < -0.39 is 0 Å². The first-order chi connectivity index (χ1) is 10.1. The van der Waals surface area contributed by atoms with Crippen LogP contribution in [0.15, 0.2) is 41.2 Å². The van der Waals surface area contributed by atoms with Crippen molar-refractivity contribution >= 4 is 45.9 Å². The van der Waals surface area contributed by atoms with E-state index in [1.165, 1.54) is 11.1 Å². The number of thiazole rings is 1. The molecule has 0 aliphatic rings. The summed E-state index contributed by atoms with van der Waals surface area (Å²) >= 11 is 1.59. The zero-order valence-corrected chi connectivity index (χ0v) is 14.1. The first kappa shape index (κ1) is 13.0. The average Bonchev–Trinajstić information content (AvgIpc) is 3.01. The van der Waals surface area contributed by atoms with Crippen LogP contribution in [0.4, 0.5) is 0 Å². The molecule has 0 N–H and O–H groups in total. The molecule has 0 fully saturated rings. The molecule has 0 saturated carbocycles. The second kappa shape index (κ2) is 4.67. The van der Waals surface area contributed by atoms with E-state index in [9.17, 15) is 4.79 Å². The molecule has 0 bridgehead atoms. The van der Waals surface area contributed by atoms with Crippen LogP contribution < -0.4 is 5.56 Å². The molecule has 5 heteroatoms. The van der Waals surface area contributed by atoms with Crippen LogP contribution in [0.5, 0.6) is 0 Å². The first-order valence-corrected chi connectivity index (χ1v) is 9.06. The van der Waals surface area contributed by atoms with Crippen LogP contribution in [-0.4, -0.2) is 23.3 Å². The third-order valence-electron chi connectivity index (χ3n) is 3.66. The molecule has 0 spiro atoms. The topological polar surface area (TPSA) is 34.9 Å². The molecule has 0 unspecified atom stereocenters. The van der Waals surface area contributed by atoms with Gasteiger partial charge in [0.2, 0.25) is 0 Å². The summed E-state index contributed by atoms with van der Waals surface area (Å²) < 4.78 is 4.13. The van der Waals surface area contributed by atoms with Gasteiger partial charge in [0, 0.05) is 0 Å². The minimum atomic E-state index is -0.00829. The van der Waals surface area contributed by atoms with Gasteiger partial charge in [0.1, 0.15) is 0 Å². The van der Waals surface area contributed by atoms with E-state index in [4.69, 9.17) is 0 Å². The molecular formula is C16H12N2OSSe. The fraction of sp³-hybridized carbons (Fsp3) is 0.125. The van der Waals surface area contributed by atoms with Crippen molar-refractivity contribution in [3.63, 3.8) is 0 Å². The number of nitrogens with zero attached hydrogens (tertiary/aromatic N) is 2. The van der Waals surface area contributed by atoms with Crippen molar-refractivity contribution in [2.75, 3.05) is 0 Å². The molecule has 0 aliphatic carbocycles. The maximum absolute atomic E-state index is 12.5. The Morgan fingerprint density at radius 1 is 1.14 bits per heavy atom. The molecule has 2 heterocycles. The molecule has 2 aromatic carbocycles. The normalized spacial score (nSPS) is 11.5. The van der Waals surface area contributed by atoms with Crippen LogP contribution in [0.25, 0.3) is 25.0 Å². The second-order valence-electron chi connectivity index (χ2n) is 5.09. The zero-order chi connectivity index (χ0) is 14.6. The van der Waals surface area contributed by atoms with Gasteiger partial charge in [-0.25, -0.2) is 0 Å². The van der Waals surface area contributed by atoms with Gasteiger partial charge < -0.3 is 0 Å². The number of aromatic nitrogens is 2. The Kier molecular flexibility index (Phi) is 2.89. The number of aryl methyl sites for hydroxylation is 2. The van der Waals surface area contributed by atoms with Gasteiger partial charge in [-0.2, -0.15) is 0 Å². The van der Waals surface area contributed by atoms with Crippen molar-refractivity contribution in [1.29, 1.82) is 0 Å². The number of fused-ring (bicyclic) bond motifs is 2. The van der Waals surface area contributed by atoms with E-state index in [1.807, 2.05) is 27.8 Å². The fourth-order valence-electron chi connectivity index (χ4n) is 2.35.